The Morgan fingerprint density at radius 2 is 1.86 bits per heavy atom. The summed E-state index contributed by atoms with van der Waals surface area (Å²) in [5.74, 6) is 0. The summed E-state index contributed by atoms with van der Waals surface area (Å²) in [5.41, 5.74) is -3.52. The average molecular weight is 496 g/mol. The van der Waals surface area contributed by atoms with Crippen LogP contribution in [0.2, 0.25) is 0 Å². The third-order valence-electron chi connectivity index (χ3n) is 3.85. The number of nitrogens with one attached hydrogen (secondary N) is 2. The molecule has 15 nitrogen and oxygen atoms in total. The molecule has 29 heavy (non-hydrogen) atoms. The van der Waals surface area contributed by atoms with Crippen LogP contribution in [-0.2, 0) is 49.6 Å². The van der Waals surface area contributed by atoms with E-state index >= 15 is 0 Å². The molecule has 2 fully saturated rings. The molecule has 0 radical (unpaired) electrons. The Bertz CT molecular complexity index is 1030. The first-order valence-corrected chi connectivity index (χ1v) is 13.1. The molecule has 2 aliphatic rings. The standard InChI is InChI=1S/C10H15N2O13P3S/c13-7-6(3-22-28(29)24-26(17,18)23-27(19,20)25-28)21-4-10(7,16)1-5-2-11-9(15)12-8(5)14/h2,6-7,13,16H,1,3-4H2,(H,17,18)(H,19,20)(H2,11,12,14,15). The maximum Gasteiger partial charge on any atom is 0.488 e. The van der Waals surface area contributed by atoms with Crippen LogP contribution in [0.5, 0.6) is 0 Å². The number of hydrogen-bond donors (Lipinski definition) is 6. The minimum absolute atomic E-state index is 0.0397. The van der Waals surface area contributed by atoms with Crippen LogP contribution in [0.4, 0.5) is 0 Å². The van der Waals surface area contributed by atoms with Gasteiger partial charge in [-0.15, -0.1) is 0 Å². The minimum Gasteiger partial charge on any atom is -0.387 e. The number of rotatable bonds is 5. The summed E-state index contributed by atoms with van der Waals surface area (Å²) in [6.07, 6.45) is -2.24. The first-order chi connectivity index (χ1) is 13.2. The van der Waals surface area contributed by atoms with Crippen LogP contribution in [0.25, 0.3) is 0 Å². The zero-order chi connectivity index (χ0) is 21.7. The molecule has 1 aromatic rings. The molecule has 0 spiro atoms. The van der Waals surface area contributed by atoms with Gasteiger partial charge in [0.25, 0.3) is 5.56 Å². The highest BCUT2D eigenvalue weighted by Gasteiger charge is 2.53. The first-order valence-electron chi connectivity index (χ1n) is 7.60. The van der Waals surface area contributed by atoms with Crippen molar-refractivity contribution < 1.29 is 51.3 Å². The summed E-state index contributed by atoms with van der Waals surface area (Å²) >= 11 is 4.74. The number of phosphoric acid groups is 2. The molecular formula is C10H15N2O13P3S. The van der Waals surface area contributed by atoms with Crippen LogP contribution < -0.4 is 11.2 Å². The predicted molar refractivity (Wildman–Crippen MR) is 95.2 cm³/mol. The molecule has 6 N–H and O–H groups in total. The van der Waals surface area contributed by atoms with Crippen LogP contribution in [0.15, 0.2) is 15.8 Å². The highest BCUT2D eigenvalue weighted by molar-refractivity contribution is 8.11. The van der Waals surface area contributed by atoms with E-state index in [4.69, 9.17) is 21.1 Å². The smallest absolute Gasteiger partial charge is 0.387 e. The van der Waals surface area contributed by atoms with Crippen molar-refractivity contribution in [1.82, 2.24) is 9.97 Å². The summed E-state index contributed by atoms with van der Waals surface area (Å²) < 4.78 is 45.9. The average Bonchev–Trinajstić information content (AvgIpc) is 2.80. The van der Waals surface area contributed by atoms with E-state index in [0.29, 0.717) is 0 Å². The summed E-state index contributed by atoms with van der Waals surface area (Å²) in [6.45, 7) is -5.36. The number of hydrogen-bond acceptors (Lipinski definition) is 12. The minimum atomic E-state index is -5.03. The van der Waals surface area contributed by atoms with Crippen molar-refractivity contribution in [3.05, 3.63) is 32.6 Å². The van der Waals surface area contributed by atoms with Gasteiger partial charge in [-0.25, -0.2) is 22.5 Å². The zero-order valence-electron chi connectivity index (χ0n) is 14.1. The maximum atomic E-state index is 11.8. The molecule has 0 aliphatic carbocycles. The van der Waals surface area contributed by atoms with Crippen LogP contribution in [-0.4, -0.2) is 61.0 Å². The third-order valence-corrected chi connectivity index (χ3v) is 10.7. The molecule has 5 unspecified atom stereocenters. The second-order valence-corrected chi connectivity index (χ2v) is 12.4. The normalized spacial score (nSPS) is 42.8. The summed E-state index contributed by atoms with van der Waals surface area (Å²) in [4.78, 5) is 45.6. The van der Waals surface area contributed by atoms with Crippen molar-refractivity contribution in [1.29, 1.82) is 0 Å². The van der Waals surface area contributed by atoms with Gasteiger partial charge < -0.3 is 34.2 Å². The summed E-state index contributed by atoms with van der Waals surface area (Å²) in [6, 6.07) is 0. The molecule has 3 rings (SSSR count). The molecule has 3 heterocycles. The quantitative estimate of drug-likeness (QED) is 0.258. The number of ether oxygens (including phenoxy) is 1. The number of aromatic amines is 2. The van der Waals surface area contributed by atoms with Gasteiger partial charge in [0, 0.05) is 18.2 Å². The lowest BCUT2D eigenvalue weighted by molar-refractivity contribution is -0.0540. The van der Waals surface area contributed by atoms with Gasteiger partial charge in [-0.1, -0.05) is 0 Å². The topological polar surface area (TPSA) is 227 Å². The first kappa shape index (κ1) is 23.1. The fourth-order valence-electron chi connectivity index (χ4n) is 2.61. The monoisotopic (exact) mass is 496 g/mol. The molecule has 5 atom stereocenters. The van der Waals surface area contributed by atoms with Crippen LogP contribution in [0.1, 0.15) is 5.56 Å². The Balaban J connectivity index is 1.68. The van der Waals surface area contributed by atoms with E-state index in [-0.39, 0.29) is 5.56 Å². The molecule has 2 saturated heterocycles. The maximum absolute atomic E-state index is 11.8. The highest BCUT2D eigenvalue weighted by atomic mass is 32.5. The van der Waals surface area contributed by atoms with Gasteiger partial charge in [0.15, 0.2) is 0 Å². The lowest BCUT2D eigenvalue weighted by atomic mass is 9.90. The molecule has 0 aromatic carbocycles. The number of aromatic nitrogens is 2. The van der Waals surface area contributed by atoms with E-state index in [2.05, 4.69) is 17.9 Å². The van der Waals surface area contributed by atoms with Crippen molar-refractivity contribution in [2.75, 3.05) is 13.2 Å². The van der Waals surface area contributed by atoms with Crippen molar-refractivity contribution in [2.45, 2.75) is 24.2 Å². The highest BCUT2D eigenvalue weighted by Crippen LogP contribution is 2.80. The van der Waals surface area contributed by atoms with Gasteiger partial charge in [-0.05, 0) is 11.8 Å². The fraction of sp³-hybridized carbons (Fsp3) is 0.600. The van der Waals surface area contributed by atoms with Crippen molar-refractivity contribution in [3.63, 3.8) is 0 Å². The van der Waals surface area contributed by atoms with Gasteiger partial charge in [-0.3, -0.25) is 9.78 Å². The number of aliphatic hydroxyl groups excluding tert-OH is 1. The molecule has 19 heteroatoms. The molecule has 1 aromatic heterocycles. The SMILES string of the molecule is O=c1[nH]cc(CC2(O)COC(COP3(=S)OP(=O)(O)OP(=O)(O)O3)C2O)c(=O)[nH]1. The van der Waals surface area contributed by atoms with Gasteiger partial charge in [0.2, 0.25) is 0 Å². The molecular weight excluding hydrogens is 481 g/mol. The molecule has 0 amide bonds. The van der Waals surface area contributed by atoms with Gasteiger partial charge >= 0.3 is 28.1 Å². The third kappa shape index (κ3) is 5.38. The van der Waals surface area contributed by atoms with E-state index in [1.54, 1.807) is 0 Å². The van der Waals surface area contributed by atoms with Crippen molar-refractivity contribution in [3.8, 4) is 0 Å². The summed E-state index contributed by atoms with van der Waals surface area (Å²) in [7, 11) is -10.1. The molecule has 164 valence electrons. The van der Waals surface area contributed by atoms with Gasteiger partial charge in [0.1, 0.15) is 17.8 Å². The van der Waals surface area contributed by atoms with E-state index in [1.165, 1.54) is 0 Å². The fourth-order valence-corrected chi connectivity index (χ4v) is 9.24. The Labute approximate surface area is 166 Å². The van der Waals surface area contributed by atoms with E-state index < -0.39 is 71.1 Å². The largest absolute Gasteiger partial charge is 0.488 e. The Kier molecular flexibility index (Phi) is 6.25. The van der Waals surface area contributed by atoms with Crippen LogP contribution in [0, 0.1) is 0 Å². The Morgan fingerprint density at radius 1 is 1.24 bits per heavy atom. The lowest BCUT2D eigenvalue weighted by Crippen LogP contribution is -2.47. The second-order valence-electron chi connectivity index (χ2n) is 6.10. The molecule has 0 saturated carbocycles. The van der Waals surface area contributed by atoms with Crippen LogP contribution in [0.3, 0.4) is 0 Å². The predicted octanol–water partition coefficient (Wildman–Crippen LogP) is -1.40. The van der Waals surface area contributed by atoms with Crippen molar-refractivity contribution >= 4 is 34.2 Å². The zero-order valence-corrected chi connectivity index (χ0v) is 17.6. The second kappa shape index (κ2) is 7.84. The lowest BCUT2D eigenvalue weighted by Gasteiger charge is -2.31. The number of aliphatic hydroxyl groups is 2. The van der Waals surface area contributed by atoms with E-state index in [9.17, 15) is 38.7 Å². The van der Waals surface area contributed by atoms with E-state index in [0.717, 1.165) is 6.20 Å². The number of H-pyrrole nitrogens is 2. The van der Waals surface area contributed by atoms with Crippen LogP contribution >= 0.6 is 22.4 Å². The van der Waals surface area contributed by atoms with Gasteiger partial charge in [0.05, 0.1) is 13.2 Å². The van der Waals surface area contributed by atoms with Gasteiger partial charge in [-0.2, -0.15) is 4.31 Å². The van der Waals surface area contributed by atoms with E-state index in [1.807, 2.05) is 4.98 Å². The Morgan fingerprint density at radius 3 is 2.45 bits per heavy atom. The molecule has 0 bridgehead atoms. The summed E-state index contributed by atoms with van der Waals surface area (Å²) in [5, 5.41) is 21.0. The molecule has 2 aliphatic heterocycles. The Hall–Kier alpha value is -0.570. The van der Waals surface area contributed by atoms with Crippen molar-refractivity contribution in [2.24, 2.45) is 0 Å².